The molecule has 1 aliphatic rings. The molecule has 1 unspecified atom stereocenters. The van der Waals surface area contributed by atoms with Crippen LogP contribution in [0.15, 0.2) is 71.4 Å². The van der Waals surface area contributed by atoms with Gasteiger partial charge in [0.25, 0.3) is 0 Å². The van der Waals surface area contributed by atoms with E-state index in [2.05, 4.69) is 63.1 Å². The minimum Gasteiger partial charge on any atom is -0.242 e. The number of nitrogens with zero attached hydrogens (tertiary/aromatic N) is 4. The number of rotatable bonds is 4. The van der Waals surface area contributed by atoms with Gasteiger partial charge in [-0.1, -0.05) is 48.5 Å². The molecule has 0 saturated carbocycles. The summed E-state index contributed by atoms with van der Waals surface area (Å²) in [6.45, 7) is 4.03. The molecule has 9 heteroatoms. The van der Waals surface area contributed by atoms with Crippen molar-refractivity contribution in [1.29, 1.82) is 0 Å². The van der Waals surface area contributed by atoms with E-state index >= 15 is 0 Å². The quantitative estimate of drug-likeness (QED) is 0.413. The van der Waals surface area contributed by atoms with E-state index in [1.807, 2.05) is 43.2 Å². The molecule has 1 aliphatic heterocycles. The summed E-state index contributed by atoms with van der Waals surface area (Å²) in [6.07, 6.45) is 0. The summed E-state index contributed by atoms with van der Waals surface area (Å²) in [6, 6.07) is 20.5. The minimum absolute atomic E-state index is 0. The maximum absolute atomic E-state index is 4.88. The number of halogens is 1. The zero-order chi connectivity index (χ0) is 19.8. The van der Waals surface area contributed by atoms with Crippen molar-refractivity contribution in [3.8, 4) is 0 Å². The summed E-state index contributed by atoms with van der Waals surface area (Å²) < 4.78 is 0. The highest BCUT2D eigenvalue weighted by Gasteiger charge is 2.51. The van der Waals surface area contributed by atoms with Crippen LogP contribution in [0.1, 0.15) is 22.0 Å². The van der Waals surface area contributed by atoms with E-state index in [1.54, 1.807) is 22.7 Å². The zero-order valence-electron chi connectivity index (χ0n) is 16.4. The van der Waals surface area contributed by atoms with Crippen molar-refractivity contribution in [3.63, 3.8) is 0 Å². The van der Waals surface area contributed by atoms with Crippen LogP contribution in [0.3, 0.4) is 0 Å². The maximum atomic E-state index is 4.88. The molecule has 0 spiro atoms. The Kier molecular flexibility index (Phi) is 5.90. The second-order valence-corrected chi connectivity index (χ2v) is 8.55. The summed E-state index contributed by atoms with van der Waals surface area (Å²) in [4.78, 5) is 9.64. The highest BCUT2D eigenvalue weighted by atomic mass is 79.9. The van der Waals surface area contributed by atoms with Crippen molar-refractivity contribution < 1.29 is 0 Å². The second-order valence-electron chi connectivity index (χ2n) is 6.86. The molecule has 2 aromatic carbocycles. The lowest BCUT2D eigenvalue weighted by Crippen LogP contribution is -2.52. The van der Waals surface area contributed by atoms with E-state index in [-0.39, 0.29) is 17.0 Å². The maximum Gasteiger partial charge on any atom is 0.206 e. The smallest absolute Gasteiger partial charge is 0.206 e. The van der Waals surface area contributed by atoms with Crippen LogP contribution in [0.25, 0.3) is 0 Å². The van der Waals surface area contributed by atoms with Gasteiger partial charge in [0.05, 0.1) is 11.4 Å². The van der Waals surface area contributed by atoms with E-state index in [1.165, 1.54) is 0 Å². The number of para-hydroxylation sites is 1. The van der Waals surface area contributed by atoms with Gasteiger partial charge in [-0.05, 0) is 26.0 Å². The summed E-state index contributed by atoms with van der Waals surface area (Å²) >= 11 is 3.24. The monoisotopic (exact) mass is 500 g/mol. The lowest BCUT2D eigenvalue weighted by Gasteiger charge is -2.34. The number of benzene rings is 2. The number of hydrazine groups is 3. The fourth-order valence-electron chi connectivity index (χ4n) is 3.40. The number of hydrogen-bond donors (Lipinski definition) is 2. The normalized spacial score (nSPS) is 18.5. The first kappa shape index (κ1) is 21.0. The first-order chi connectivity index (χ1) is 14.2. The van der Waals surface area contributed by atoms with Crippen molar-refractivity contribution in [2.75, 3.05) is 10.1 Å². The van der Waals surface area contributed by atoms with Gasteiger partial charge in [-0.25, -0.2) is 20.1 Å². The van der Waals surface area contributed by atoms with Crippen molar-refractivity contribution >= 4 is 50.5 Å². The Bertz CT molecular complexity index is 1120. The molecule has 3 heterocycles. The van der Waals surface area contributed by atoms with E-state index < -0.39 is 5.66 Å². The number of aryl methyl sites for hydroxylation is 2. The van der Waals surface area contributed by atoms with Gasteiger partial charge in [-0.3, -0.25) is 0 Å². The second kappa shape index (κ2) is 8.44. The van der Waals surface area contributed by atoms with Crippen LogP contribution in [0.4, 0.5) is 10.8 Å². The fraction of sp³-hybridized carbons (Fsp3) is 0.143. The third kappa shape index (κ3) is 3.52. The van der Waals surface area contributed by atoms with Gasteiger partial charge in [0, 0.05) is 22.0 Å². The largest absolute Gasteiger partial charge is 0.242 e. The molecule has 4 aromatic rings. The fourth-order valence-corrected chi connectivity index (χ4v) is 5.17. The Morgan fingerprint density at radius 1 is 0.833 bits per heavy atom. The molecule has 6 nitrogen and oxygen atoms in total. The Balaban J connectivity index is 0.00000218. The van der Waals surface area contributed by atoms with Crippen LogP contribution in [-0.4, -0.2) is 9.97 Å². The topological polar surface area (TPSA) is 56.3 Å². The number of hydrogen-bond acceptors (Lipinski definition) is 8. The molecular weight excluding hydrogens is 480 g/mol. The van der Waals surface area contributed by atoms with Gasteiger partial charge < -0.3 is 0 Å². The molecule has 0 aliphatic carbocycles. The lowest BCUT2D eigenvalue weighted by atomic mass is 10.00. The van der Waals surface area contributed by atoms with Gasteiger partial charge in [0.2, 0.25) is 10.8 Å². The van der Waals surface area contributed by atoms with E-state index in [9.17, 15) is 0 Å². The number of nitrogens with one attached hydrogen (secondary N) is 2. The van der Waals surface area contributed by atoms with E-state index in [0.717, 1.165) is 32.8 Å². The predicted molar refractivity (Wildman–Crippen MR) is 129 cm³/mol. The molecule has 0 radical (unpaired) electrons. The van der Waals surface area contributed by atoms with Gasteiger partial charge in [-0.15, -0.1) is 45.2 Å². The van der Waals surface area contributed by atoms with Crippen molar-refractivity contribution in [1.82, 2.24) is 20.9 Å². The zero-order valence-corrected chi connectivity index (χ0v) is 19.8. The average molecular weight is 501 g/mol. The first-order valence-electron chi connectivity index (χ1n) is 9.26. The first-order valence-corrected chi connectivity index (χ1v) is 11.0. The van der Waals surface area contributed by atoms with Crippen LogP contribution in [0, 0.1) is 13.8 Å². The van der Waals surface area contributed by atoms with Crippen molar-refractivity contribution in [2.45, 2.75) is 19.5 Å². The predicted octanol–water partition coefficient (Wildman–Crippen LogP) is 4.95. The van der Waals surface area contributed by atoms with Crippen LogP contribution in [0.2, 0.25) is 0 Å². The Labute approximate surface area is 193 Å². The molecule has 2 aromatic heterocycles. The number of anilines is 2. The highest BCUT2D eigenvalue weighted by molar-refractivity contribution is 8.93. The van der Waals surface area contributed by atoms with Crippen LogP contribution < -0.4 is 21.1 Å². The SMILES string of the molecule is Br.Cc1csc(N2NN(c3ccccc3)NC2(c2ccccc2)c2nc(C)cs2)n1. The molecule has 154 valence electrons. The standard InChI is InChI=1S/C21H20N6S2.BrH/c1-15-13-28-19(22-15)21(17-9-5-3-6-10-17)24-27(18-11-7-4-8-12-18)25-26(21)20-23-16(2)14-29-20;/h3-14,24-25H,1-2H3;1H. The Morgan fingerprint density at radius 3 is 2.07 bits per heavy atom. The molecule has 2 N–H and O–H groups in total. The molecule has 0 amide bonds. The average Bonchev–Trinajstić information content (AvgIpc) is 3.48. The van der Waals surface area contributed by atoms with E-state index in [0.29, 0.717) is 0 Å². The van der Waals surface area contributed by atoms with Gasteiger partial charge in [0.15, 0.2) is 0 Å². The Morgan fingerprint density at radius 2 is 1.47 bits per heavy atom. The Hall–Kier alpha value is -2.30. The molecule has 1 saturated heterocycles. The highest BCUT2D eigenvalue weighted by Crippen LogP contribution is 2.41. The van der Waals surface area contributed by atoms with Gasteiger partial charge >= 0.3 is 0 Å². The molecular formula is C21H21BrN6S2. The summed E-state index contributed by atoms with van der Waals surface area (Å²) in [5.74, 6) is 0. The van der Waals surface area contributed by atoms with Crippen LogP contribution >= 0.6 is 39.7 Å². The van der Waals surface area contributed by atoms with Gasteiger partial charge in [0.1, 0.15) is 5.01 Å². The minimum atomic E-state index is -0.736. The van der Waals surface area contributed by atoms with Crippen LogP contribution in [0.5, 0.6) is 0 Å². The molecule has 1 atom stereocenters. The summed E-state index contributed by atoms with van der Waals surface area (Å²) in [5.41, 5.74) is 10.5. The third-order valence-corrected chi connectivity index (χ3v) is 6.75. The van der Waals surface area contributed by atoms with Gasteiger partial charge in [-0.2, -0.15) is 5.43 Å². The summed E-state index contributed by atoms with van der Waals surface area (Å²) in [7, 11) is 0. The number of aromatic nitrogens is 2. The molecule has 30 heavy (non-hydrogen) atoms. The number of thiazole rings is 2. The van der Waals surface area contributed by atoms with Crippen molar-refractivity contribution in [3.05, 3.63) is 93.4 Å². The molecule has 1 fully saturated rings. The van der Waals surface area contributed by atoms with E-state index in [4.69, 9.17) is 9.97 Å². The van der Waals surface area contributed by atoms with Crippen LogP contribution in [-0.2, 0) is 5.66 Å². The molecule has 0 bridgehead atoms. The molecule has 5 rings (SSSR count). The third-order valence-electron chi connectivity index (χ3n) is 4.74. The van der Waals surface area contributed by atoms with Crippen molar-refractivity contribution in [2.24, 2.45) is 0 Å². The lowest BCUT2D eigenvalue weighted by molar-refractivity contribution is 0.459. The summed E-state index contributed by atoms with van der Waals surface area (Å²) in [5, 5.41) is 9.96.